The number of hydrogen-bond donors (Lipinski definition) is 1. The van der Waals surface area contributed by atoms with Gasteiger partial charge in [-0.05, 0) is 85.3 Å². The topological polar surface area (TPSA) is 55.4 Å². The number of carbonyl (C=O) groups is 2. The molecule has 1 N–H and O–H groups in total. The van der Waals surface area contributed by atoms with Gasteiger partial charge in [-0.3, -0.25) is 9.59 Å². The van der Waals surface area contributed by atoms with Crippen molar-refractivity contribution < 1.29 is 14.3 Å². The Labute approximate surface area is 219 Å². The van der Waals surface area contributed by atoms with Crippen molar-refractivity contribution in [1.82, 2.24) is 5.32 Å². The summed E-state index contributed by atoms with van der Waals surface area (Å²) in [6.07, 6.45) is 11.3. The molecule has 0 radical (unpaired) electrons. The van der Waals surface area contributed by atoms with Crippen LogP contribution in [0.25, 0.3) is 0 Å². The van der Waals surface area contributed by atoms with Crippen LogP contribution in [0.4, 0.5) is 0 Å². The molecule has 4 aliphatic rings. The van der Waals surface area contributed by atoms with Crippen LogP contribution in [0.3, 0.4) is 0 Å². The molecule has 0 bridgehead atoms. The number of nitrogens with one attached hydrogen (secondary N) is 1. The van der Waals surface area contributed by atoms with Gasteiger partial charge < -0.3 is 10.1 Å². The van der Waals surface area contributed by atoms with Gasteiger partial charge in [-0.25, -0.2) is 0 Å². The molecule has 0 unspecified atom stereocenters. The van der Waals surface area contributed by atoms with Gasteiger partial charge in [-0.15, -0.1) is 0 Å². The van der Waals surface area contributed by atoms with E-state index < -0.39 is 0 Å². The summed E-state index contributed by atoms with van der Waals surface area (Å²) in [5.41, 5.74) is 2.81. The minimum Gasteiger partial charge on any atom is -0.462 e. The fourth-order valence-electron chi connectivity index (χ4n) is 8.19. The number of halogens is 2. The van der Waals surface area contributed by atoms with Crippen LogP contribution < -0.4 is 5.32 Å². The molecule has 5 rings (SSSR count). The van der Waals surface area contributed by atoms with Gasteiger partial charge in [0, 0.05) is 32.7 Å². The van der Waals surface area contributed by atoms with Crippen molar-refractivity contribution in [1.29, 1.82) is 0 Å². The molecule has 1 aromatic carbocycles. The Morgan fingerprint density at radius 2 is 2.00 bits per heavy atom. The van der Waals surface area contributed by atoms with Gasteiger partial charge in [0.1, 0.15) is 11.9 Å². The summed E-state index contributed by atoms with van der Waals surface area (Å²) in [5, 5.41) is 4.79. The summed E-state index contributed by atoms with van der Waals surface area (Å²) >= 11 is 12.5. The lowest BCUT2D eigenvalue weighted by Gasteiger charge is -2.57. The Morgan fingerprint density at radius 3 is 2.80 bits per heavy atom. The fourth-order valence-corrected chi connectivity index (χ4v) is 8.58. The zero-order valence-corrected chi connectivity index (χ0v) is 22.4. The molecule has 0 amide bonds. The fraction of sp³-hybridized carbons (Fsp3) is 0.655. The number of benzene rings is 1. The van der Waals surface area contributed by atoms with Crippen molar-refractivity contribution in [3.05, 3.63) is 45.5 Å². The van der Waals surface area contributed by atoms with Gasteiger partial charge in [-0.1, -0.05) is 53.9 Å². The standard InChI is InChI=1S/C29H37Cl2NO3/c1-18(33)35-22-8-10-28(2)20(14-22)6-7-23-24(28)9-11-29(16-21(34)15-25(23)29)12-13-32-17-19-4-3-5-26(30)27(19)31/h3-6,22-25,32H,7-17H2,1-2H3/t22-,23+,24-,25-,28-,29-/m0/s1. The molecule has 1 aromatic rings. The number of Topliss-reactive ketones (excluding diaryl/α,β-unsaturated/α-hetero) is 1. The van der Waals surface area contributed by atoms with Gasteiger partial charge in [0.2, 0.25) is 0 Å². The van der Waals surface area contributed by atoms with E-state index in [1.54, 1.807) is 0 Å². The summed E-state index contributed by atoms with van der Waals surface area (Å²) in [6.45, 7) is 5.52. The second-order valence-corrected chi connectivity index (χ2v) is 12.5. The molecule has 4 nitrogen and oxygen atoms in total. The lowest BCUT2D eigenvalue weighted by Crippen LogP contribution is -2.50. The number of allylic oxidation sites excluding steroid dienone is 1. The molecule has 190 valence electrons. The lowest BCUT2D eigenvalue weighted by atomic mass is 9.47. The van der Waals surface area contributed by atoms with Gasteiger partial charge in [0.05, 0.1) is 10.0 Å². The van der Waals surface area contributed by atoms with E-state index in [9.17, 15) is 9.59 Å². The van der Waals surface area contributed by atoms with E-state index in [2.05, 4.69) is 18.3 Å². The van der Waals surface area contributed by atoms with Crippen LogP contribution in [0.5, 0.6) is 0 Å². The average molecular weight is 519 g/mol. The lowest BCUT2D eigenvalue weighted by molar-refractivity contribution is -0.148. The number of esters is 1. The maximum absolute atomic E-state index is 12.8. The van der Waals surface area contributed by atoms with Gasteiger partial charge in [-0.2, -0.15) is 0 Å². The maximum Gasteiger partial charge on any atom is 0.302 e. The van der Waals surface area contributed by atoms with E-state index in [-0.39, 0.29) is 22.9 Å². The molecule has 0 heterocycles. The first kappa shape index (κ1) is 25.3. The highest BCUT2D eigenvalue weighted by atomic mass is 35.5. The molecule has 6 atom stereocenters. The summed E-state index contributed by atoms with van der Waals surface area (Å²) < 4.78 is 5.57. The van der Waals surface area contributed by atoms with Gasteiger partial charge >= 0.3 is 5.97 Å². The molecule has 6 heteroatoms. The number of carbonyl (C=O) groups excluding carboxylic acids is 2. The van der Waals surface area contributed by atoms with E-state index in [4.69, 9.17) is 27.9 Å². The molecule has 3 fully saturated rings. The van der Waals surface area contributed by atoms with Crippen molar-refractivity contribution in [2.75, 3.05) is 6.54 Å². The highest BCUT2D eigenvalue weighted by Gasteiger charge is 2.58. The Kier molecular flexibility index (Phi) is 7.11. The second-order valence-electron chi connectivity index (χ2n) is 11.7. The number of hydrogen-bond acceptors (Lipinski definition) is 4. The molecule has 0 aromatic heterocycles. The van der Waals surface area contributed by atoms with Crippen LogP contribution in [0, 0.1) is 28.6 Å². The predicted octanol–water partition coefficient (Wildman–Crippen LogP) is 6.92. The zero-order valence-electron chi connectivity index (χ0n) is 20.9. The predicted molar refractivity (Wildman–Crippen MR) is 139 cm³/mol. The monoisotopic (exact) mass is 517 g/mol. The van der Waals surface area contributed by atoms with E-state index >= 15 is 0 Å². The maximum atomic E-state index is 12.8. The molecule has 0 saturated heterocycles. The minimum absolute atomic E-state index is 0.0261. The SMILES string of the molecule is CC(=O)O[C@H]1CC[C@@]2(C)C(=CC[C@H]3[C@@H]4CC(=O)C[C@@]4(CCNCc4cccc(Cl)c4Cl)CC[C@@H]32)C1. The first-order valence-electron chi connectivity index (χ1n) is 13.2. The summed E-state index contributed by atoms with van der Waals surface area (Å²) in [7, 11) is 0. The number of fused-ring (bicyclic) bond motifs is 5. The Balaban J connectivity index is 1.27. The van der Waals surface area contributed by atoms with Crippen LogP contribution >= 0.6 is 23.2 Å². The third kappa shape index (κ3) is 4.71. The van der Waals surface area contributed by atoms with E-state index in [0.717, 1.165) is 63.5 Å². The summed E-state index contributed by atoms with van der Waals surface area (Å²) in [6, 6.07) is 5.75. The summed E-state index contributed by atoms with van der Waals surface area (Å²) in [5.74, 6) is 1.96. The Hall–Kier alpha value is -1.36. The largest absolute Gasteiger partial charge is 0.462 e. The van der Waals surface area contributed by atoms with Crippen LogP contribution in [-0.2, 0) is 20.9 Å². The molecular weight excluding hydrogens is 481 g/mol. The van der Waals surface area contributed by atoms with E-state index in [0.29, 0.717) is 40.1 Å². The molecule has 4 aliphatic carbocycles. The van der Waals surface area contributed by atoms with Crippen molar-refractivity contribution in [3.63, 3.8) is 0 Å². The molecular formula is C29H37Cl2NO3. The normalized spacial score (nSPS) is 36.1. The van der Waals surface area contributed by atoms with Crippen LogP contribution in [-0.4, -0.2) is 24.4 Å². The van der Waals surface area contributed by atoms with Crippen LogP contribution in [0.2, 0.25) is 10.0 Å². The minimum atomic E-state index is -0.175. The quantitative estimate of drug-likeness (QED) is 0.252. The van der Waals surface area contributed by atoms with Crippen LogP contribution in [0.15, 0.2) is 29.8 Å². The molecule has 35 heavy (non-hydrogen) atoms. The van der Waals surface area contributed by atoms with E-state index in [1.807, 2.05) is 18.2 Å². The first-order chi connectivity index (χ1) is 16.7. The number of ether oxygens (including phenoxy) is 1. The molecule has 0 aliphatic heterocycles. The third-order valence-electron chi connectivity index (χ3n) is 9.87. The van der Waals surface area contributed by atoms with Crippen molar-refractivity contribution in [2.24, 2.45) is 28.6 Å². The first-order valence-corrected chi connectivity index (χ1v) is 14.0. The van der Waals surface area contributed by atoms with Crippen molar-refractivity contribution >= 4 is 35.0 Å². The summed E-state index contributed by atoms with van der Waals surface area (Å²) in [4.78, 5) is 24.3. The molecule has 0 spiro atoms. The van der Waals surface area contributed by atoms with Crippen molar-refractivity contribution in [2.45, 2.75) is 84.3 Å². The van der Waals surface area contributed by atoms with Crippen LogP contribution in [0.1, 0.15) is 77.2 Å². The third-order valence-corrected chi connectivity index (χ3v) is 10.7. The van der Waals surface area contributed by atoms with Gasteiger partial charge in [0.15, 0.2) is 0 Å². The zero-order chi connectivity index (χ0) is 24.8. The average Bonchev–Trinajstić information content (AvgIpc) is 3.15. The Bertz CT molecular complexity index is 1040. The Morgan fingerprint density at radius 1 is 1.17 bits per heavy atom. The highest BCUT2D eigenvalue weighted by molar-refractivity contribution is 6.42. The number of rotatable bonds is 6. The smallest absolute Gasteiger partial charge is 0.302 e. The van der Waals surface area contributed by atoms with Crippen molar-refractivity contribution in [3.8, 4) is 0 Å². The van der Waals surface area contributed by atoms with E-state index in [1.165, 1.54) is 18.9 Å². The second kappa shape index (κ2) is 9.84. The highest BCUT2D eigenvalue weighted by Crippen LogP contribution is 2.65. The molecule has 3 saturated carbocycles. The number of ketones is 1. The van der Waals surface area contributed by atoms with Gasteiger partial charge in [0.25, 0.3) is 0 Å².